The number of benzene rings is 2. The normalized spacial score (nSPS) is 18.1. The quantitative estimate of drug-likeness (QED) is 0.526. The number of hydrogen-bond acceptors (Lipinski definition) is 5. The van der Waals surface area contributed by atoms with E-state index in [4.69, 9.17) is 4.74 Å². The first kappa shape index (κ1) is 22.0. The Balaban J connectivity index is 1.62. The van der Waals surface area contributed by atoms with Gasteiger partial charge in [-0.3, -0.25) is 15.0 Å². The number of carbonyl (C=O) groups is 4. The number of rotatable bonds is 7. The largest absolute Gasteiger partial charge is 0.452 e. The van der Waals surface area contributed by atoms with Crippen LogP contribution in [0.15, 0.2) is 54.6 Å². The Bertz CT molecular complexity index is 988. The molecule has 1 atom stereocenters. The minimum absolute atomic E-state index is 0.301. The molecule has 0 bridgehead atoms. The van der Waals surface area contributed by atoms with Crippen molar-refractivity contribution in [3.63, 3.8) is 0 Å². The lowest BCUT2D eigenvalue weighted by molar-refractivity contribution is -0.140. The summed E-state index contributed by atoms with van der Waals surface area (Å²) in [6.07, 6.45) is 0.301. The Morgan fingerprint density at radius 1 is 1.06 bits per heavy atom. The first-order chi connectivity index (χ1) is 14.8. The molecule has 1 aliphatic rings. The summed E-state index contributed by atoms with van der Waals surface area (Å²) in [6, 6.07) is 15.0. The second-order valence-corrected chi connectivity index (χ2v) is 7.58. The van der Waals surface area contributed by atoms with Gasteiger partial charge in [-0.25, -0.2) is 9.59 Å². The van der Waals surface area contributed by atoms with Gasteiger partial charge in [-0.15, -0.1) is 0 Å². The van der Waals surface area contributed by atoms with Crippen LogP contribution in [-0.4, -0.2) is 35.4 Å². The number of esters is 1. The van der Waals surface area contributed by atoms with Crippen LogP contribution in [0.25, 0.3) is 0 Å². The van der Waals surface area contributed by atoms with E-state index in [9.17, 15) is 19.2 Å². The molecule has 162 valence electrons. The highest BCUT2D eigenvalue weighted by Crippen LogP contribution is 2.31. The van der Waals surface area contributed by atoms with Crippen LogP contribution in [-0.2, 0) is 19.9 Å². The summed E-state index contributed by atoms with van der Waals surface area (Å²) < 4.78 is 5.01. The predicted molar refractivity (Wildman–Crippen MR) is 113 cm³/mol. The molecule has 2 aromatic carbocycles. The number of amides is 4. The summed E-state index contributed by atoms with van der Waals surface area (Å²) in [4.78, 5) is 49.8. The molecule has 0 aliphatic carbocycles. The molecule has 31 heavy (non-hydrogen) atoms. The van der Waals surface area contributed by atoms with E-state index < -0.39 is 36.0 Å². The van der Waals surface area contributed by atoms with Gasteiger partial charge < -0.3 is 10.1 Å². The maximum absolute atomic E-state index is 13.0. The lowest BCUT2D eigenvalue weighted by atomic mass is 9.87. The highest BCUT2D eigenvalue weighted by atomic mass is 16.5. The Morgan fingerprint density at radius 3 is 2.29 bits per heavy atom. The van der Waals surface area contributed by atoms with Gasteiger partial charge in [0.15, 0.2) is 6.61 Å². The summed E-state index contributed by atoms with van der Waals surface area (Å²) in [6.45, 7) is 5.21. The third-order valence-electron chi connectivity index (χ3n) is 5.27. The molecular weight excluding hydrogens is 398 g/mol. The molecule has 8 nitrogen and oxygen atoms in total. The molecule has 0 saturated carbocycles. The van der Waals surface area contributed by atoms with Crippen LogP contribution in [0, 0.1) is 0 Å². The van der Waals surface area contributed by atoms with E-state index in [1.807, 2.05) is 26.0 Å². The Hall–Kier alpha value is -3.68. The van der Waals surface area contributed by atoms with Crippen molar-refractivity contribution in [2.75, 3.05) is 6.61 Å². The molecule has 2 N–H and O–H groups in total. The van der Waals surface area contributed by atoms with E-state index in [2.05, 4.69) is 10.7 Å². The van der Waals surface area contributed by atoms with Gasteiger partial charge in [0.2, 0.25) is 0 Å². The lowest BCUT2D eigenvalue weighted by Crippen LogP contribution is -2.49. The van der Waals surface area contributed by atoms with Crippen molar-refractivity contribution in [3.8, 4) is 0 Å². The summed E-state index contributed by atoms with van der Waals surface area (Å²) in [5, 5.41) is 3.29. The average molecular weight is 423 g/mol. The van der Waals surface area contributed by atoms with E-state index in [0.717, 1.165) is 5.56 Å². The molecule has 1 saturated heterocycles. The molecule has 4 amide bonds. The van der Waals surface area contributed by atoms with Crippen LogP contribution >= 0.6 is 0 Å². The van der Waals surface area contributed by atoms with Gasteiger partial charge in [0, 0.05) is 0 Å². The van der Waals surface area contributed by atoms with E-state index in [-0.39, 0.29) is 0 Å². The zero-order valence-electron chi connectivity index (χ0n) is 17.7. The number of nitrogens with zero attached hydrogens (tertiary/aromatic N) is 1. The van der Waals surface area contributed by atoms with Gasteiger partial charge in [-0.2, -0.15) is 5.01 Å². The third kappa shape index (κ3) is 4.42. The standard InChI is InChI=1S/C23H25N3O5/c1-4-23(18-8-6-5-7-9-18)21(29)26(22(30)24-23)25-19(27)14-31-20(28)17-12-10-16(11-13-17)15(2)3/h5-13,15H,4,14H2,1-3H3,(H,24,30)(H,25,27)/t23-/m1/s1. The van der Waals surface area contributed by atoms with Crippen molar-refractivity contribution in [1.82, 2.24) is 15.8 Å². The van der Waals surface area contributed by atoms with Gasteiger partial charge >= 0.3 is 12.0 Å². The molecule has 1 aliphatic heterocycles. The van der Waals surface area contributed by atoms with E-state index in [1.165, 1.54) is 0 Å². The Labute approximate surface area is 180 Å². The number of hydrogen-bond donors (Lipinski definition) is 2. The highest BCUT2D eigenvalue weighted by molar-refractivity contribution is 6.08. The molecule has 0 spiro atoms. The number of hydrazine groups is 1. The molecule has 1 fully saturated rings. The average Bonchev–Trinajstić information content (AvgIpc) is 3.03. The lowest BCUT2D eigenvalue weighted by Gasteiger charge is -2.25. The van der Waals surface area contributed by atoms with Crippen molar-refractivity contribution in [2.24, 2.45) is 0 Å². The smallest absolute Gasteiger partial charge is 0.344 e. The fourth-order valence-electron chi connectivity index (χ4n) is 3.41. The molecule has 1 heterocycles. The molecule has 2 aromatic rings. The van der Waals surface area contributed by atoms with Crippen molar-refractivity contribution < 1.29 is 23.9 Å². The van der Waals surface area contributed by atoms with E-state index in [0.29, 0.717) is 28.5 Å². The molecular formula is C23H25N3O5. The second kappa shape index (κ2) is 8.99. The van der Waals surface area contributed by atoms with Gasteiger partial charge in [-0.05, 0) is 35.6 Å². The molecule has 8 heteroatoms. The maximum atomic E-state index is 13.0. The first-order valence-electron chi connectivity index (χ1n) is 10.1. The zero-order chi connectivity index (χ0) is 22.6. The van der Waals surface area contributed by atoms with Gasteiger partial charge in [0.25, 0.3) is 11.8 Å². The third-order valence-corrected chi connectivity index (χ3v) is 5.27. The minimum Gasteiger partial charge on any atom is -0.452 e. The topological polar surface area (TPSA) is 105 Å². The van der Waals surface area contributed by atoms with Crippen LogP contribution in [0.2, 0.25) is 0 Å². The fraction of sp³-hybridized carbons (Fsp3) is 0.304. The van der Waals surface area contributed by atoms with Crippen molar-refractivity contribution in [1.29, 1.82) is 0 Å². The molecule has 0 radical (unpaired) electrons. The van der Waals surface area contributed by atoms with E-state index >= 15 is 0 Å². The van der Waals surface area contributed by atoms with Gasteiger partial charge in [0.1, 0.15) is 5.54 Å². The second-order valence-electron chi connectivity index (χ2n) is 7.58. The summed E-state index contributed by atoms with van der Waals surface area (Å²) >= 11 is 0. The summed E-state index contributed by atoms with van der Waals surface area (Å²) in [5.41, 5.74) is 2.96. The maximum Gasteiger partial charge on any atom is 0.344 e. The van der Waals surface area contributed by atoms with Crippen LogP contribution in [0.4, 0.5) is 4.79 Å². The van der Waals surface area contributed by atoms with Gasteiger partial charge in [0.05, 0.1) is 5.56 Å². The van der Waals surface area contributed by atoms with Crippen LogP contribution in [0.5, 0.6) is 0 Å². The molecule has 3 rings (SSSR count). The predicted octanol–water partition coefficient (Wildman–Crippen LogP) is 2.86. The summed E-state index contributed by atoms with van der Waals surface area (Å²) in [7, 11) is 0. The number of ether oxygens (including phenoxy) is 1. The van der Waals surface area contributed by atoms with Gasteiger partial charge in [-0.1, -0.05) is 63.2 Å². The monoisotopic (exact) mass is 423 g/mol. The Morgan fingerprint density at radius 2 is 1.71 bits per heavy atom. The zero-order valence-corrected chi connectivity index (χ0v) is 17.7. The van der Waals surface area contributed by atoms with Crippen molar-refractivity contribution in [2.45, 2.75) is 38.6 Å². The van der Waals surface area contributed by atoms with Crippen LogP contribution in [0.1, 0.15) is 54.6 Å². The van der Waals surface area contributed by atoms with Crippen LogP contribution < -0.4 is 10.7 Å². The minimum atomic E-state index is -1.26. The number of imide groups is 1. The number of carbonyl (C=O) groups excluding carboxylic acids is 4. The van der Waals surface area contributed by atoms with E-state index in [1.54, 1.807) is 49.4 Å². The Kier molecular flexibility index (Phi) is 6.39. The number of urea groups is 1. The number of nitrogens with one attached hydrogen (secondary N) is 2. The summed E-state index contributed by atoms with van der Waals surface area (Å²) in [5.74, 6) is -1.74. The molecule has 0 aromatic heterocycles. The van der Waals surface area contributed by atoms with Crippen molar-refractivity contribution in [3.05, 3.63) is 71.3 Å². The van der Waals surface area contributed by atoms with Crippen LogP contribution in [0.3, 0.4) is 0 Å². The molecule has 0 unspecified atom stereocenters. The highest BCUT2D eigenvalue weighted by Gasteiger charge is 2.52. The first-order valence-corrected chi connectivity index (χ1v) is 10.1. The SMILES string of the molecule is CC[C@]1(c2ccccc2)NC(=O)N(NC(=O)COC(=O)c2ccc(C(C)C)cc2)C1=O. The fourth-order valence-corrected chi connectivity index (χ4v) is 3.41. The van der Waals surface area contributed by atoms with Crippen molar-refractivity contribution >= 4 is 23.8 Å².